The van der Waals surface area contributed by atoms with Crippen molar-refractivity contribution in [1.29, 1.82) is 0 Å². The van der Waals surface area contributed by atoms with Crippen LogP contribution in [0.4, 0.5) is 0 Å². The van der Waals surface area contributed by atoms with Gasteiger partial charge in [0.05, 0.1) is 26.0 Å². The molecule has 0 bridgehead atoms. The molecule has 0 amide bonds. The number of hydrogen-bond acceptors (Lipinski definition) is 4. The third-order valence-electron chi connectivity index (χ3n) is 4.55. The summed E-state index contributed by atoms with van der Waals surface area (Å²) >= 11 is 0. The third-order valence-corrected chi connectivity index (χ3v) is 4.55. The fourth-order valence-electron chi connectivity index (χ4n) is 2.70. The first-order valence-corrected chi connectivity index (χ1v) is 9.57. The average Bonchev–Trinajstić information content (AvgIpc) is 3.32. The summed E-state index contributed by atoms with van der Waals surface area (Å²) in [7, 11) is 0. The first kappa shape index (κ1) is 22.5. The number of nitrogens with one attached hydrogen (secondary N) is 2. The monoisotopic (exact) mass is 499 g/mol. The van der Waals surface area contributed by atoms with E-state index in [9.17, 15) is 5.11 Å². The molecular formula is C21H30IN3O3. The molecule has 1 heterocycles. The second kappa shape index (κ2) is 10.7. The van der Waals surface area contributed by atoms with Gasteiger partial charge in [-0.25, -0.2) is 4.99 Å². The number of furan rings is 1. The van der Waals surface area contributed by atoms with Gasteiger partial charge in [0.1, 0.15) is 17.1 Å². The molecule has 1 aromatic carbocycles. The van der Waals surface area contributed by atoms with Crippen LogP contribution >= 0.6 is 24.0 Å². The van der Waals surface area contributed by atoms with E-state index in [1.54, 1.807) is 25.3 Å². The highest BCUT2D eigenvalue weighted by molar-refractivity contribution is 14.0. The number of hydrogen-bond donors (Lipinski definition) is 3. The van der Waals surface area contributed by atoms with E-state index in [4.69, 9.17) is 9.15 Å². The van der Waals surface area contributed by atoms with Crippen LogP contribution < -0.4 is 15.4 Å². The van der Waals surface area contributed by atoms with E-state index in [2.05, 4.69) is 15.6 Å². The van der Waals surface area contributed by atoms with Crippen LogP contribution in [0.5, 0.6) is 5.75 Å². The molecule has 6 nitrogen and oxygen atoms in total. The van der Waals surface area contributed by atoms with Crippen molar-refractivity contribution in [2.75, 3.05) is 19.7 Å². The van der Waals surface area contributed by atoms with Gasteiger partial charge in [0.25, 0.3) is 0 Å². The maximum atomic E-state index is 10.6. The minimum Gasteiger partial charge on any atom is -0.493 e. The Kier molecular flexibility index (Phi) is 8.62. The topological polar surface area (TPSA) is 79.0 Å². The summed E-state index contributed by atoms with van der Waals surface area (Å²) in [5.41, 5.74) is -0.0709. The standard InChI is InChI=1S/C21H29N3O3.HI/c1-3-22-20(24-15-21(2,25)19-9-6-12-26-19)23-13-17-7-4-5-8-18(17)27-14-16-10-11-16;/h4-9,12,16,25H,3,10-11,13-15H2,1-2H3,(H2,22,23,24);1H. The summed E-state index contributed by atoms with van der Waals surface area (Å²) in [6.07, 6.45) is 4.09. The van der Waals surface area contributed by atoms with Crippen LogP contribution in [-0.2, 0) is 12.1 Å². The Balaban J connectivity index is 0.00000280. The van der Waals surface area contributed by atoms with E-state index in [-0.39, 0.29) is 30.5 Å². The second-order valence-corrected chi connectivity index (χ2v) is 7.16. The van der Waals surface area contributed by atoms with Crippen molar-refractivity contribution in [3.8, 4) is 5.75 Å². The highest BCUT2D eigenvalue weighted by atomic mass is 127. The molecule has 154 valence electrons. The predicted molar refractivity (Wildman–Crippen MR) is 121 cm³/mol. The SMILES string of the molecule is CCNC(=NCc1ccccc1OCC1CC1)NCC(C)(O)c1ccco1.I. The lowest BCUT2D eigenvalue weighted by Gasteiger charge is -2.22. The van der Waals surface area contributed by atoms with Gasteiger partial charge in [-0.15, -0.1) is 24.0 Å². The number of halogens is 1. The molecule has 2 aromatic rings. The first-order chi connectivity index (χ1) is 13.1. The Bertz CT molecular complexity index is 743. The number of para-hydroxylation sites is 1. The van der Waals surface area contributed by atoms with Crippen molar-refractivity contribution in [3.05, 3.63) is 54.0 Å². The summed E-state index contributed by atoms with van der Waals surface area (Å²) in [6, 6.07) is 11.5. The molecule has 1 aliphatic rings. The minimum absolute atomic E-state index is 0. The second-order valence-electron chi connectivity index (χ2n) is 7.16. The van der Waals surface area contributed by atoms with Crippen molar-refractivity contribution in [2.45, 2.75) is 38.8 Å². The lowest BCUT2D eigenvalue weighted by molar-refractivity contribution is 0.0386. The lowest BCUT2D eigenvalue weighted by Crippen LogP contribution is -2.44. The zero-order chi connectivity index (χ0) is 19.1. The van der Waals surface area contributed by atoms with Gasteiger partial charge >= 0.3 is 0 Å². The fourth-order valence-corrected chi connectivity index (χ4v) is 2.70. The van der Waals surface area contributed by atoms with Crippen LogP contribution in [0, 0.1) is 5.92 Å². The first-order valence-electron chi connectivity index (χ1n) is 9.57. The zero-order valence-corrected chi connectivity index (χ0v) is 18.8. The lowest BCUT2D eigenvalue weighted by atomic mass is 10.0. The quantitative estimate of drug-likeness (QED) is 0.279. The van der Waals surface area contributed by atoms with E-state index in [0.717, 1.165) is 24.5 Å². The van der Waals surface area contributed by atoms with E-state index in [1.165, 1.54) is 12.8 Å². The Morgan fingerprint density at radius 1 is 1.25 bits per heavy atom. The summed E-state index contributed by atoms with van der Waals surface area (Å²) in [5.74, 6) is 2.77. The Hall–Kier alpha value is -1.74. The van der Waals surface area contributed by atoms with Crippen LogP contribution in [-0.4, -0.2) is 30.8 Å². The highest BCUT2D eigenvalue weighted by Gasteiger charge is 2.26. The number of nitrogens with zero attached hydrogens (tertiary/aromatic N) is 1. The number of guanidine groups is 1. The zero-order valence-electron chi connectivity index (χ0n) is 16.5. The van der Waals surface area contributed by atoms with Gasteiger partial charge in [-0.2, -0.15) is 0 Å². The van der Waals surface area contributed by atoms with Gasteiger partial charge in [0, 0.05) is 12.1 Å². The summed E-state index contributed by atoms with van der Waals surface area (Å²) in [6.45, 7) is 6.02. The van der Waals surface area contributed by atoms with Crippen molar-refractivity contribution >= 4 is 29.9 Å². The van der Waals surface area contributed by atoms with Crippen molar-refractivity contribution in [1.82, 2.24) is 10.6 Å². The average molecular weight is 499 g/mol. The smallest absolute Gasteiger partial charge is 0.191 e. The molecule has 1 atom stereocenters. The summed E-state index contributed by atoms with van der Waals surface area (Å²) in [5, 5.41) is 17.0. The minimum atomic E-state index is -1.12. The van der Waals surface area contributed by atoms with Gasteiger partial charge < -0.3 is 24.9 Å². The molecular weight excluding hydrogens is 469 g/mol. The number of aliphatic hydroxyl groups is 1. The summed E-state index contributed by atoms with van der Waals surface area (Å²) < 4.78 is 11.3. The van der Waals surface area contributed by atoms with Crippen LogP contribution in [0.25, 0.3) is 0 Å². The van der Waals surface area contributed by atoms with Crippen LogP contribution in [0.15, 0.2) is 52.1 Å². The Morgan fingerprint density at radius 3 is 2.71 bits per heavy atom. The predicted octanol–water partition coefficient (Wildman–Crippen LogP) is 3.65. The molecule has 3 N–H and O–H groups in total. The maximum absolute atomic E-state index is 10.6. The molecule has 1 saturated carbocycles. The number of benzene rings is 1. The van der Waals surface area contributed by atoms with Crippen molar-refractivity contribution < 1.29 is 14.3 Å². The molecule has 0 saturated heterocycles. The van der Waals surface area contributed by atoms with E-state index >= 15 is 0 Å². The summed E-state index contributed by atoms with van der Waals surface area (Å²) in [4.78, 5) is 4.64. The molecule has 0 radical (unpaired) electrons. The Labute approximate surface area is 183 Å². The number of ether oxygens (including phenoxy) is 1. The molecule has 1 unspecified atom stereocenters. The molecule has 3 rings (SSSR count). The van der Waals surface area contributed by atoms with Gasteiger partial charge in [0.15, 0.2) is 5.96 Å². The van der Waals surface area contributed by atoms with E-state index in [0.29, 0.717) is 24.2 Å². The van der Waals surface area contributed by atoms with Gasteiger partial charge in [-0.05, 0) is 50.8 Å². The third kappa shape index (κ3) is 6.70. The molecule has 0 aliphatic heterocycles. The van der Waals surface area contributed by atoms with Crippen molar-refractivity contribution in [2.24, 2.45) is 10.9 Å². The molecule has 7 heteroatoms. The van der Waals surface area contributed by atoms with Crippen LogP contribution in [0.1, 0.15) is 38.0 Å². The molecule has 1 aliphatic carbocycles. The fraction of sp³-hybridized carbons (Fsp3) is 0.476. The normalized spacial score (nSPS) is 16.0. The highest BCUT2D eigenvalue weighted by Crippen LogP contribution is 2.30. The van der Waals surface area contributed by atoms with Crippen LogP contribution in [0.2, 0.25) is 0 Å². The molecule has 1 aromatic heterocycles. The number of aliphatic imine (C=N–C) groups is 1. The van der Waals surface area contributed by atoms with Gasteiger partial charge in [0.2, 0.25) is 0 Å². The number of rotatable bonds is 9. The largest absolute Gasteiger partial charge is 0.493 e. The molecule has 28 heavy (non-hydrogen) atoms. The van der Waals surface area contributed by atoms with Crippen LogP contribution in [0.3, 0.4) is 0 Å². The maximum Gasteiger partial charge on any atom is 0.191 e. The molecule has 1 fully saturated rings. The Morgan fingerprint density at radius 2 is 2.04 bits per heavy atom. The van der Waals surface area contributed by atoms with E-state index in [1.807, 2.05) is 31.2 Å². The van der Waals surface area contributed by atoms with Crippen molar-refractivity contribution in [3.63, 3.8) is 0 Å². The van der Waals surface area contributed by atoms with E-state index < -0.39 is 5.60 Å². The van der Waals surface area contributed by atoms with Gasteiger partial charge in [-0.3, -0.25) is 0 Å². The molecule has 0 spiro atoms. The van der Waals surface area contributed by atoms with Gasteiger partial charge in [-0.1, -0.05) is 18.2 Å².